The van der Waals surface area contributed by atoms with E-state index in [0.29, 0.717) is 33.8 Å². The Morgan fingerprint density at radius 2 is 1.87 bits per heavy atom. The molecule has 2 heterocycles. The van der Waals surface area contributed by atoms with Gasteiger partial charge in [0.2, 0.25) is 0 Å². The summed E-state index contributed by atoms with van der Waals surface area (Å²) < 4.78 is 22.6. The summed E-state index contributed by atoms with van der Waals surface area (Å²) in [6.45, 7) is 3.66. The lowest BCUT2D eigenvalue weighted by atomic mass is 10.0. The first-order valence-electron chi connectivity index (χ1n) is 12.6. The fourth-order valence-corrected chi connectivity index (χ4v) is 4.68. The molecule has 0 spiro atoms. The normalized spacial score (nSPS) is 15.2. The third kappa shape index (κ3) is 5.21. The molecule has 1 aromatic heterocycles. The number of nitrogens with one attached hydrogen (secondary N) is 2. The predicted octanol–water partition coefficient (Wildman–Crippen LogP) is 5.17. The third-order valence-electron chi connectivity index (χ3n) is 6.74. The number of fused-ring (bicyclic) bond motifs is 1. The Labute approximate surface area is 220 Å². The molecule has 8 nitrogen and oxygen atoms in total. The molecule has 38 heavy (non-hydrogen) atoms. The number of methoxy groups -OCH3 is 2. The van der Waals surface area contributed by atoms with Crippen molar-refractivity contribution in [1.82, 2.24) is 5.32 Å². The third-order valence-corrected chi connectivity index (χ3v) is 6.74. The Kier molecular flexibility index (Phi) is 7.33. The first kappa shape index (κ1) is 25.4. The molecule has 1 amide bonds. The van der Waals surface area contributed by atoms with Gasteiger partial charge in [0.1, 0.15) is 34.6 Å². The van der Waals surface area contributed by atoms with Crippen molar-refractivity contribution in [3.63, 3.8) is 0 Å². The van der Waals surface area contributed by atoms with E-state index < -0.39 is 11.5 Å². The Morgan fingerprint density at radius 3 is 2.63 bits per heavy atom. The SMILES string of the molecule is COc1cccc(-c2cc(C(=O)Nc3cc4ccc(OC5CCCNC5)c(C)c4oc3=O)ccc2OC)c1. The van der Waals surface area contributed by atoms with Crippen molar-refractivity contribution in [2.24, 2.45) is 0 Å². The molecule has 0 bridgehead atoms. The van der Waals surface area contributed by atoms with Crippen LogP contribution in [0.25, 0.3) is 22.1 Å². The zero-order valence-corrected chi connectivity index (χ0v) is 21.6. The van der Waals surface area contributed by atoms with Crippen molar-refractivity contribution >= 4 is 22.6 Å². The van der Waals surface area contributed by atoms with Crippen LogP contribution in [0.2, 0.25) is 0 Å². The molecule has 5 rings (SSSR count). The molecule has 8 heteroatoms. The number of ether oxygens (including phenoxy) is 3. The second-order valence-electron chi connectivity index (χ2n) is 9.24. The van der Waals surface area contributed by atoms with E-state index in [1.54, 1.807) is 38.5 Å². The second-order valence-corrected chi connectivity index (χ2v) is 9.24. The molecule has 1 aliphatic heterocycles. The number of amides is 1. The molecule has 0 saturated carbocycles. The first-order valence-corrected chi connectivity index (χ1v) is 12.6. The maximum atomic E-state index is 13.2. The van der Waals surface area contributed by atoms with Gasteiger partial charge in [-0.3, -0.25) is 4.79 Å². The number of benzene rings is 3. The Morgan fingerprint density at radius 1 is 1.03 bits per heavy atom. The molecule has 1 atom stereocenters. The van der Waals surface area contributed by atoms with E-state index in [-0.39, 0.29) is 11.8 Å². The van der Waals surface area contributed by atoms with Crippen LogP contribution in [-0.4, -0.2) is 39.3 Å². The number of anilines is 1. The van der Waals surface area contributed by atoms with Gasteiger partial charge in [-0.25, -0.2) is 4.79 Å². The van der Waals surface area contributed by atoms with Crippen LogP contribution in [0, 0.1) is 6.92 Å². The molecular formula is C30H30N2O6. The van der Waals surface area contributed by atoms with Gasteiger partial charge in [-0.05, 0) is 80.4 Å². The minimum Gasteiger partial charge on any atom is -0.497 e. The highest BCUT2D eigenvalue weighted by atomic mass is 16.5. The van der Waals surface area contributed by atoms with Gasteiger partial charge in [0.25, 0.3) is 5.91 Å². The van der Waals surface area contributed by atoms with E-state index in [1.165, 1.54) is 0 Å². The van der Waals surface area contributed by atoms with Gasteiger partial charge in [0, 0.05) is 28.6 Å². The summed E-state index contributed by atoms with van der Waals surface area (Å²) in [5.74, 6) is 1.55. The van der Waals surface area contributed by atoms with Gasteiger partial charge < -0.3 is 29.3 Å². The average molecular weight is 515 g/mol. The van der Waals surface area contributed by atoms with Gasteiger partial charge in [-0.2, -0.15) is 0 Å². The maximum Gasteiger partial charge on any atom is 0.360 e. The van der Waals surface area contributed by atoms with Crippen molar-refractivity contribution in [3.05, 3.63) is 82.2 Å². The summed E-state index contributed by atoms with van der Waals surface area (Å²) in [4.78, 5) is 26.0. The summed E-state index contributed by atoms with van der Waals surface area (Å²) in [6.07, 6.45) is 2.12. The molecule has 1 saturated heterocycles. The van der Waals surface area contributed by atoms with Gasteiger partial charge in [-0.1, -0.05) is 12.1 Å². The fraction of sp³-hybridized carbons (Fsp3) is 0.267. The molecule has 0 radical (unpaired) electrons. The summed E-state index contributed by atoms with van der Waals surface area (Å²) in [7, 11) is 3.17. The van der Waals surface area contributed by atoms with Gasteiger partial charge in [0.05, 0.1) is 14.2 Å². The summed E-state index contributed by atoms with van der Waals surface area (Å²) >= 11 is 0. The molecule has 1 aliphatic rings. The van der Waals surface area contributed by atoms with E-state index in [2.05, 4.69) is 10.6 Å². The van der Waals surface area contributed by atoms with Crippen LogP contribution in [0.1, 0.15) is 28.8 Å². The van der Waals surface area contributed by atoms with Crippen LogP contribution < -0.4 is 30.5 Å². The smallest absolute Gasteiger partial charge is 0.360 e. The Bertz CT molecular complexity index is 1540. The zero-order chi connectivity index (χ0) is 26.6. The van der Waals surface area contributed by atoms with E-state index in [1.807, 2.05) is 43.3 Å². The lowest BCUT2D eigenvalue weighted by Crippen LogP contribution is -2.37. The van der Waals surface area contributed by atoms with Gasteiger partial charge >= 0.3 is 5.63 Å². The van der Waals surface area contributed by atoms with E-state index in [9.17, 15) is 9.59 Å². The van der Waals surface area contributed by atoms with Crippen LogP contribution >= 0.6 is 0 Å². The van der Waals surface area contributed by atoms with Crippen molar-refractivity contribution in [2.75, 3.05) is 32.6 Å². The molecule has 1 fully saturated rings. The first-order chi connectivity index (χ1) is 18.5. The van der Waals surface area contributed by atoms with Crippen LogP contribution in [0.15, 0.2) is 69.9 Å². The zero-order valence-electron chi connectivity index (χ0n) is 21.6. The second kappa shape index (κ2) is 11.0. The number of carbonyl (C=O) groups is 1. The molecule has 4 aromatic rings. The summed E-state index contributed by atoms with van der Waals surface area (Å²) in [5, 5.41) is 6.73. The predicted molar refractivity (Wildman–Crippen MR) is 147 cm³/mol. The topological polar surface area (TPSA) is 99.0 Å². The molecule has 196 valence electrons. The van der Waals surface area contributed by atoms with Crippen LogP contribution in [0.3, 0.4) is 0 Å². The van der Waals surface area contributed by atoms with Crippen molar-refractivity contribution in [2.45, 2.75) is 25.9 Å². The van der Waals surface area contributed by atoms with Crippen LogP contribution in [0.5, 0.6) is 17.2 Å². The molecule has 3 aromatic carbocycles. The molecule has 1 unspecified atom stereocenters. The molecular weight excluding hydrogens is 484 g/mol. The quantitative estimate of drug-likeness (QED) is 0.328. The summed E-state index contributed by atoms with van der Waals surface area (Å²) in [6, 6.07) is 17.9. The van der Waals surface area contributed by atoms with Crippen LogP contribution in [0.4, 0.5) is 5.69 Å². The average Bonchev–Trinajstić information content (AvgIpc) is 2.95. The molecule has 0 aliphatic carbocycles. The number of hydrogen-bond acceptors (Lipinski definition) is 7. The van der Waals surface area contributed by atoms with E-state index in [0.717, 1.165) is 42.6 Å². The van der Waals surface area contributed by atoms with Crippen molar-refractivity contribution in [3.8, 4) is 28.4 Å². The standard InChI is InChI=1S/C30H30N2O6/c1-18-26(37-23-8-5-13-31-17-23)11-9-20-16-25(30(34)38-28(18)20)32-29(33)21-10-12-27(36-3)24(15-21)19-6-4-7-22(14-19)35-2/h4,6-7,9-12,14-16,23,31H,5,8,13,17H2,1-3H3,(H,32,33). The minimum absolute atomic E-state index is 0.0609. The number of hydrogen-bond donors (Lipinski definition) is 2. The lowest BCUT2D eigenvalue weighted by molar-refractivity contribution is 0.102. The molecule has 2 N–H and O–H groups in total. The maximum absolute atomic E-state index is 13.2. The van der Waals surface area contributed by atoms with Crippen molar-refractivity contribution in [1.29, 1.82) is 0 Å². The highest BCUT2D eigenvalue weighted by molar-refractivity contribution is 6.05. The number of carbonyl (C=O) groups excluding carboxylic acids is 1. The lowest BCUT2D eigenvalue weighted by Gasteiger charge is -2.24. The monoisotopic (exact) mass is 514 g/mol. The largest absolute Gasteiger partial charge is 0.497 e. The van der Waals surface area contributed by atoms with Crippen molar-refractivity contribution < 1.29 is 23.4 Å². The minimum atomic E-state index is -0.632. The number of rotatable bonds is 7. The van der Waals surface area contributed by atoms with Crippen LogP contribution in [-0.2, 0) is 0 Å². The Hall–Kier alpha value is -4.30. The highest BCUT2D eigenvalue weighted by Gasteiger charge is 2.19. The fourth-order valence-electron chi connectivity index (χ4n) is 4.68. The van der Waals surface area contributed by atoms with Gasteiger partial charge in [0.15, 0.2) is 0 Å². The van der Waals surface area contributed by atoms with E-state index in [4.69, 9.17) is 18.6 Å². The highest BCUT2D eigenvalue weighted by Crippen LogP contribution is 2.33. The van der Waals surface area contributed by atoms with E-state index >= 15 is 0 Å². The Balaban J connectivity index is 1.41. The number of piperidine rings is 1. The van der Waals surface area contributed by atoms with Gasteiger partial charge in [-0.15, -0.1) is 0 Å². The number of aryl methyl sites for hydroxylation is 1. The summed E-state index contributed by atoms with van der Waals surface area (Å²) in [5.41, 5.74) is 2.54.